The number of hydrogen-bond acceptors (Lipinski definition) is 2. The van der Waals surface area contributed by atoms with Crippen LogP contribution in [0.4, 0.5) is 0 Å². The summed E-state index contributed by atoms with van der Waals surface area (Å²) in [4.78, 5) is 15.3. The van der Waals surface area contributed by atoms with Gasteiger partial charge >= 0.3 is 0 Å². The molecule has 1 aliphatic rings. The predicted molar refractivity (Wildman–Crippen MR) is 79.6 cm³/mol. The predicted octanol–water partition coefficient (Wildman–Crippen LogP) is 3.83. The van der Waals surface area contributed by atoms with E-state index in [2.05, 4.69) is 25.7 Å². The van der Waals surface area contributed by atoms with Crippen LogP contribution in [0.15, 0.2) is 24.3 Å². The van der Waals surface area contributed by atoms with Crippen molar-refractivity contribution in [1.82, 2.24) is 4.90 Å². The van der Waals surface area contributed by atoms with Gasteiger partial charge < -0.3 is 0 Å². The van der Waals surface area contributed by atoms with E-state index in [0.29, 0.717) is 0 Å². The quantitative estimate of drug-likeness (QED) is 0.766. The van der Waals surface area contributed by atoms with Crippen molar-refractivity contribution >= 4 is 5.78 Å². The Bertz CT molecular complexity index is 431. The van der Waals surface area contributed by atoms with E-state index in [0.717, 1.165) is 25.1 Å². The number of rotatable bonds is 4. The van der Waals surface area contributed by atoms with Crippen molar-refractivity contribution in [1.29, 1.82) is 0 Å². The molecule has 2 rings (SSSR count). The van der Waals surface area contributed by atoms with Crippen molar-refractivity contribution < 1.29 is 4.79 Å². The molecule has 1 fully saturated rings. The van der Waals surface area contributed by atoms with Gasteiger partial charge in [-0.2, -0.15) is 0 Å². The number of aryl methyl sites for hydroxylation is 1. The largest absolute Gasteiger partial charge is 0.292 e. The Morgan fingerprint density at radius 3 is 2.26 bits per heavy atom. The lowest BCUT2D eigenvalue weighted by molar-refractivity contribution is 0.0505. The maximum Gasteiger partial charge on any atom is 0.182 e. The normalized spacial score (nSPS) is 19.9. The van der Waals surface area contributed by atoms with Crippen LogP contribution in [-0.4, -0.2) is 29.3 Å². The van der Waals surface area contributed by atoms with Crippen LogP contribution in [-0.2, 0) is 0 Å². The first-order chi connectivity index (χ1) is 9.08. The first-order valence-electron chi connectivity index (χ1n) is 7.44. The summed E-state index contributed by atoms with van der Waals surface area (Å²) in [7, 11) is 0. The first kappa shape index (κ1) is 14.3. The summed E-state index contributed by atoms with van der Waals surface area (Å²) in [6.07, 6.45) is 4.61. The maximum absolute atomic E-state index is 12.9. The Morgan fingerprint density at radius 1 is 1.16 bits per heavy atom. The molecule has 1 atom stereocenters. The highest BCUT2D eigenvalue weighted by Crippen LogP contribution is 2.28. The van der Waals surface area contributed by atoms with Crippen LogP contribution in [0.5, 0.6) is 0 Å². The van der Waals surface area contributed by atoms with Gasteiger partial charge in [-0.3, -0.25) is 9.69 Å². The fourth-order valence-corrected chi connectivity index (χ4v) is 2.93. The molecule has 1 aromatic carbocycles. The second-order valence-corrected chi connectivity index (χ2v) is 5.87. The van der Waals surface area contributed by atoms with Crippen LogP contribution in [0.1, 0.15) is 55.5 Å². The van der Waals surface area contributed by atoms with E-state index in [4.69, 9.17) is 0 Å². The molecule has 0 aliphatic carbocycles. The Kier molecular flexibility index (Phi) is 4.41. The summed E-state index contributed by atoms with van der Waals surface area (Å²) in [5.74, 6) is 0.275. The number of carbonyl (C=O) groups excluding carboxylic acids is 1. The van der Waals surface area contributed by atoms with Crippen LogP contribution >= 0.6 is 0 Å². The third-order valence-corrected chi connectivity index (χ3v) is 4.55. The molecule has 0 N–H and O–H groups in total. The number of Topliss-reactive ketones (excluding diaryl/α,β-unsaturated/α-hetero) is 1. The van der Waals surface area contributed by atoms with Crippen LogP contribution in [0.3, 0.4) is 0 Å². The Labute approximate surface area is 116 Å². The molecule has 1 aromatic rings. The molecule has 1 unspecified atom stereocenters. The van der Waals surface area contributed by atoms with Gasteiger partial charge in [-0.1, -0.05) is 43.2 Å². The van der Waals surface area contributed by atoms with Crippen LogP contribution in [0.2, 0.25) is 0 Å². The number of benzene rings is 1. The summed E-state index contributed by atoms with van der Waals surface area (Å²) in [6, 6.07) is 7.99. The SMILES string of the molecule is CCC(C)(C(=O)c1ccc(C)cc1)N1CCCCC1. The highest BCUT2D eigenvalue weighted by molar-refractivity contribution is 6.03. The lowest BCUT2D eigenvalue weighted by atomic mass is 9.85. The van der Waals surface area contributed by atoms with Crippen molar-refractivity contribution in [2.75, 3.05) is 13.1 Å². The van der Waals surface area contributed by atoms with Crippen LogP contribution < -0.4 is 0 Å². The van der Waals surface area contributed by atoms with Crippen molar-refractivity contribution in [2.24, 2.45) is 0 Å². The standard InChI is InChI=1S/C17H25NO/c1-4-17(3,18-12-6-5-7-13-18)16(19)15-10-8-14(2)9-11-15/h8-11H,4-7,12-13H2,1-3H3. The number of piperidine rings is 1. The molecule has 0 amide bonds. The van der Waals surface area contributed by atoms with Gasteiger partial charge in [0.05, 0.1) is 5.54 Å². The lowest BCUT2D eigenvalue weighted by Gasteiger charge is -2.41. The number of likely N-dealkylation sites (tertiary alicyclic amines) is 1. The van der Waals surface area contributed by atoms with E-state index >= 15 is 0 Å². The van der Waals surface area contributed by atoms with Gasteiger partial charge in [-0.05, 0) is 46.2 Å². The molecular weight excluding hydrogens is 234 g/mol. The third kappa shape index (κ3) is 2.89. The highest BCUT2D eigenvalue weighted by Gasteiger charge is 2.38. The molecule has 2 heteroatoms. The maximum atomic E-state index is 12.9. The van der Waals surface area contributed by atoms with Gasteiger partial charge in [0.1, 0.15) is 0 Å². The van der Waals surface area contributed by atoms with Crippen molar-refractivity contribution in [3.63, 3.8) is 0 Å². The van der Waals surface area contributed by atoms with Gasteiger partial charge in [0.2, 0.25) is 0 Å². The molecule has 1 saturated heterocycles. The molecule has 1 aliphatic heterocycles. The third-order valence-electron chi connectivity index (χ3n) is 4.55. The Balaban J connectivity index is 2.24. The molecule has 0 saturated carbocycles. The van der Waals surface area contributed by atoms with E-state index < -0.39 is 0 Å². The fraction of sp³-hybridized carbons (Fsp3) is 0.588. The van der Waals surface area contributed by atoms with Gasteiger partial charge in [0, 0.05) is 5.56 Å². The van der Waals surface area contributed by atoms with Crippen LogP contribution in [0.25, 0.3) is 0 Å². The molecule has 2 nitrogen and oxygen atoms in total. The van der Waals surface area contributed by atoms with Gasteiger partial charge in [0.15, 0.2) is 5.78 Å². The summed E-state index contributed by atoms with van der Waals surface area (Å²) in [6.45, 7) is 8.41. The zero-order chi connectivity index (χ0) is 13.9. The van der Waals surface area contributed by atoms with E-state index in [1.54, 1.807) is 0 Å². The van der Waals surface area contributed by atoms with Gasteiger partial charge in [-0.25, -0.2) is 0 Å². The zero-order valence-corrected chi connectivity index (χ0v) is 12.4. The average Bonchev–Trinajstić information content (AvgIpc) is 2.47. The minimum Gasteiger partial charge on any atom is -0.292 e. The fourth-order valence-electron chi connectivity index (χ4n) is 2.93. The molecule has 0 aromatic heterocycles. The summed E-state index contributed by atoms with van der Waals surface area (Å²) >= 11 is 0. The summed E-state index contributed by atoms with van der Waals surface area (Å²) in [5.41, 5.74) is 1.71. The number of ketones is 1. The van der Waals surface area contributed by atoms with E-state index in [9.17, 15) is 4.79 Å². The van der Waals surface area contributed by atoms with Gasteiger partial charge in [0.25, 0.3) is 0 Å². The topological polar surface area (TPSA) is 20.3 Å². The van der Waals surface area contributed by atoms with Crippen molar-refractivity contribution in [2.45, 2.75) is 52.0 Å². The van der Waals surface area contributed by atoms with Crippen molar-refractivity contribution in [3.05, 3.63) is 35.4 Å². The van der Waals surface area contributed by atoms with E-state index in [1.807, 2.05) is 24.3 Å². The summed E-state index contributed by atoms with van der Waals surface area (Å²) < 4.78 is 0. The van der Waals surface area contributed by atoms with Gasteiger partial charge in [-0.15, -0.1) is 0 Å². The molecule has 0 radical (unpaired) electrons. The zero-order valence-electron chi connectivity index (χ0n) is 12.4. The molecule has 104 valence electrons. The molecule has 19 heavy (non-hydrogen) atoms. The average molecular weight is 259 g/mol. The first-order valence-corrected chi connectivity index (χ1v) is 7.44. The Morgan fingerprint density at radius 2 is 1.74 bits per heavy atom. The molecule has 1 heterocycles. The van der Waals surface area contributed by atoms with E-state index in [-0.39, 0.29) is 11.3 Å². The number of hydrogen-bond donors (Lipinski definition) is 0. The molecule has 0 bridgehead atoms. The van der Waals surface area contributed by atoms with Crippen molar-refractivity contribution in [3.8, 4) is 0 Å². The summed E-state index contributed by atoms with van der Waals surface area (Å²) in [5, 5.41) is 0. The minimum absolute atomic E-state index is 0.275. The number of carbonyl (C=O) groups is 1. The monoisotopic (exact) mass is 259 g/mol. The number of nitrogens with zero attached hydrogens (tertiary/aromatic N) is 1. The second kappa shape index (κ2) is 5.87. The second-order valence-electron chi connectivity index (χ2n) is 5.87. The highest BCUT2D eigenvalue weighted by atomic mass is 16.1. The minimum atomic E-state index is -0.338. The van der Waals surface area contributed by atoms with E-state index in [1.165, 1.54) is 24.8 Å². The van der Waals surface area contributed by atoms with Crippen LogP contribution in [0, 0.1) is 6.92 Å². The molecule has 0 spiro atoms. The Hall–Kier alpha value is -1.15. The molecular formula is C17H25NO. The smallest absolute Gasteiger partial charge is 0.182 e. The lowest BCUT2D eigenvalue weighted by Crippen LogP contribution is -2.53.